The summed E-state index contributed by atoms with van der Waals surface area (Å²) in [6.45, 7) is 4.83. The molecule has 0 unspecified atom stereocenters. The van der Waals surface area contributed by atoms with Gasteiger partial charge in [-0.1, -0.05) is 152 Å². The van der Waals surface area contributed by atoms with E-state index in [1.54, 1.807) is 28.6 Å². The highest BCUT2D eigenvalue weighted by Gasteiger charge is 2.33. The summed E-state index contributed by atoms with van der Waals surface area (Å²) in [6.07, 6.45) is 30.4. The van der Waals surface area contributed by atoms with Gasteiger partial charge in [0.2, 0.25) is 15.9 Å². The molecule has 0 spiro atoms. The molecule has 58 heavy (non-hydrogen) atoms. The quantitative estimate of drug-likeness (QED) is 0.277. The number of sulfonamides is 1. The van der Waals surface area contributed by atoms with E-state index in [4.69, 9.17) is 17.3 Å². The molecule has 10 heteroatoms. The highest BCUT2D eigenvalue weighted by Crippen LogP contribution is 2.36. The maximum Gasteiger partial charge on any atom is 0.253 e. The van der Waals surface area contributed by atoms with Crippen molar-refractivity contribution in [3.63, 3.8) is 0 Å². The number of hydrogen-bond donors (Lipinski definition) is 3. The van der Waals surface area contributed by atoms with Crippen LogP contribution in [-0.4, -0.2) is 43.7 Å². The van der Waals surface area contributed by atoms with Crippen molar-refractivity contribution < 1.29 is 18.0 Å². The summed E-state index contributed by atoms with van der Waals surface area (Å²) in [7, 11) is -3.72. The number of fused-ring (bicyclic) bond motifs is 3. The molecule has 8 nitrogen and oxygen atoms in total. The van der Waals surface area contributed by atoms with E-state index in [0.717, 1.165) is 62.5 Å². The van der Waals surface area contributed by atoms with Crippen molar-refractivity contribution in [1.82, 2.24) is 9.62 Å². The first-order valence-corrected chi connectivity index (χ1v) is 25.0. The summed E-state index contributed by atoms with van der Waals surface area (Å²) in [4.78, 5) is 26.1. The Morgan fingerprint density at radius 2 is 1.22 bits per heavy atom. The first-order valence-electron chi connectivity index (χ1n) is 23.2. The smallest absolute Gasteiger partial charge is 0.253 e. The van der Waals surface area contributed by atoms with Gasteiger partial charge in [-0.25, -0.2) is 8.42 Å². The molecule has 2 heterocycles. The second-order valence-corrected chi connectivity index (χ2v) is 21.0. The van der Waals surface area contributed by atoms with Gasteiger partial charge in [-0.15, -0.1) is 0 Å². The molecule has 4 N–H and O–H groups in total. The number of rotatable bonds is 5. The fourth-order valence-corrected chi connectivity index (χ4v) is 11.4. The largest absolute Gasteiger partial charge is 0.349 e. The molecule has 3 aliphatic rings. The molecule has 2 amide bonds. The zero-order valence-electron chi connectivity index (χ0n) is 35.9. The van der Waals surface area contributed by atoms with Crippen molar-refractivity contribution in [2.75, 3.05) is 18.4 Å². The van der Waals surface area contributed by atoms with Crippen LogP contribution >= 0.6 is 11.6 Å². The third-order valence-corrected chi connectivity index (χ3v) is 15.3. The van der Waals surface area contributed by atoms with Crippen molar-refractivity contribution >= 4 is 39.1 Å². The number of anilines is 1. The Hall–Kier alpha value is -2.46. The molecule has 2 aliphatic heterocycles. The van der Waals surface area contributed by atoms with Crippen LogP contribution in [0.5, 0.6) is 0 Å². The molecule has 2 bridgehead atoms. The van der Waals surface area contributed by atoms with Gasteiger partial charge in [0.25, 0.3) is 5.91 Å². The van der Waals surface area contributed by atoms with Crippen molar-refractivity contribution in [2.24, 2.45) is 17.6 Å². The van der Waals surface area contributed by atoms with Gasteiger partial charge in [0.15, 0.2) is 0 Å². The molecule has 0 radical (unpaired) electrons. The number of nitrogens with two attached hydrogens (primary N) is 1. The molecule has 1 aliphatic carbocycles. The Labute approximate surface area is 356 Å². The minimum Gasteiger partial charge on any atom is -0.349 e. The highest BCUT2D eigenvalue weighted by atomic mass is 35.5. The van der Waals surface area contributed by atoms with Crippen molar-refractivity contribution in [3.05, 3.63) is 58.1 Å². The van der Waals surface area contributed by atoms with E-state index in [9.17, 15) is 18.0 Å². The van der Waals surface area contributed by atoms with Gasteiger partial charge >= 0.3 is 0 Å². The van der Waals surface area contributed by atoms with E-state index in [1.165, 1.54) is 109 Å². The summed E-state index contributed by atoms with van der Waals surface area (Å²) in [5, 5.41) is 6.49. The van der Waals surface area contributed by atoms with Crippen molar-refractivity contribution in [3.8, 4) is 0 Å². The van der Waals surface area contributed by atoms with E-state index in [0.29, 0.717) is 40.2 Å². The topological polar surface area (TPSA) is 122 Å². The minimum atomic E-state index is -3.72. The number of amides is 2. The summed E-state index contributed by atoms with van der Waals surface area (Å²) < 4.78 is 30.4. The van der Waals surface area contributed by atoms with Crippen LogP contribution in [0.25, 0.3) is 0 Å². The third kappa shape index (κ3) is 14.9. The molecule has 1 saturated carbocycles. The van der Waals surface area contributed by atoms with Gasteiger partial charge in [-0.2, -0.15) is 4.31 Å². The van der Waals surface area contributed by atoms with E-state index in [1.807, 2.05) is 26.0 Å². The SMILES string of the molecule is CC(C)(N)c1ccc(S(=O)(=O)N2CCCCCCCCCCCCCCCCCCCCCC[C@@H]3C[C@@H](CC2)C[C@H](NC(=O)c2cc4c(cc2Cl)NC(=O)C4)C3)cc1. The number of nitrogens with zero attached hydrogens (tertiary/aromatic N) is 1. The molecule has 0 aromatic heterocycles. The van der Waals surface area contributed by atoms with Crippen LogP contribution in [0, 0.1) is 11.8 Å². The lowest BCUT2D eigenvalue weighted by molar-refractivity contribution is -0.115. The molecule has 324 valence electrons. The zero-order chi connectivity index (χ0) is 41.4. The molecule has 2 fully saturated rings. The van der Waals surface area contributed by atoms with E-state index in [2.05, 4.69) is 10.6 Å². The lowest BCUT2D eigenvalue weighted by Crippen LogP contribution is -2.42. The fraction of sp³-hybridized carbons (Fsp3) is 0.708. The van der Waals surface area contributed by atoms with Crippen LogP contribution in [0.2, 0.25) is 5.02 Å². The Morgan fingerprint density at radius 1 is 0.724 bits per heavy atom. The average molecular weight is 840 g/mol. The van der Waals surface area contributed by atoms with Gasteiger partial charge in [-0.3, -0.25) is 9.59 Å². The maximum atomic E-state index is 14.3. The maximum absolute atomic E-state index is 14.3. The Balaban J connectivity index is 1.27. The summed E-state index contributed by atoms with van der Waals surface area (Å²) >= 11 is 6.60. The number of hydrogen-bond acceptors (Lipinski definition) is 5. The number of benzene rings is 2. The number of carbonyl (C=O) groups is 2. The second-order valence-electron chi connectivity index (χ2n) is 18.6. The van der Waals surface area contributed by atoms with Crippen molar-refractivity contribution in [1.29, 1.82) is 0 Å². The molecule has 2 aromatic carbocycles. The Kier molecular flexibility index (Phi) is 18.9. The lowest BCUT2D eigenvalue weighted by atomic mass is 9.75. The zero-order valence-corrected chi connectivity index (χ0v) is 37.5. The van der Waals surface area contributed by atoms with Gasteiger partial charge in [0, 0.05) is 30.4 Å². The van der Waals surface area contributed by atoms with Crippen molar-refractivity contribution in [2.45, 2.75) is 197 Å². The predicted octanol–water partition coefficient (Wildman–Crippen LogP) is 11.8. The molecule has 3 atom stereocenters. The standard InChI is InChI=1S/C48H75ClN4O4S/c1-48(2,50)40-24-26-42(27-25-40)58(56,57)53-29-22-20-18-16-14-12-10-8-6-4-3-5-7-9-11-13-15-17-19-21-23-37-31-38(28-30-53)33-41(32-37)51-47(55)43-34-39-35-46(54)52-45(39)36-44(43)49/h24-27,34,36-38,41H,3-23,28-33,35,50H2,1-2H3,(H,51,55)(H,52,54)/t37-,38-,41-/m1/s1. The van der Waals surface area contributed by atoms with Gasteiger partial charge in [0.05, 0.1) is 21.9 Å². The average Bonchev–Trinajstić information content (AvgIpc) is 3.55. The normalized spacial score (nSPS) is 24.1. The van der Waals surface area contributed by atoms with Gasteiger partial charge in [0.1, 0.15) is 0 Å². The van der Waals surface area contributed by atoms with Crippen LogP contribution in [0.1, 0.15) is 196 Å². The molecule has 1 saturated heterocycles. The number of nitrogens with one attached hydrogen (secondary N) is 2. The number of halogens is 1. The fourth-order valence-electron chi connectivity index (χ4n) is 9.63. The van der Waals surface area contributed by atoms with Crippen LogP contribution in [0.3, 0.4) is 0 Å². The van der Waals surface area contributed by atoms with E-state index >= 15 is 0 Å². The lowest BCUT2D eigenvalue weighted by Gasteiger charge is -2.36. The molecule has 5 rings (SSSR count). The van der Waals surface area contributed by atoms with Crippen LogP contribution in [0.4, 0.5) is 5.69 Å². The van der Waals surface area contributed by atoms with E-state index in [-0.39, 0.29) is 30.2 Å². The van der Waals surface area contributed by atoms with E-state index < -0.39 is 15.6 Å². The third-order valence-electron chi connectivity index (χ3n) is 13.1. The molecular formula is C48H75ClN4O4S. The van der Waals surface area contributed by atoms with Gasteiger partial charge < -0.3 is 16.4 Å². The minimum absolute atomic E-state index is 0.0297. The van der Waals surface area contributed by atoms with Crippen LogP contribution in [0.15, 0.2) is 41.3 Å². The summed E-state index contributed by atoms with van der Waals surface area (Å²) in [6, 6.07) is 10.5. The van der Waals surface area contributed by atoms with Gasteiger partial charge in [-0.05, 0) is 93.2 Å². The first kappa shape index (κ1) is 46.6. The summed E-state index contributed by atoms with van der Waals surface area (Å²) in [5.74, 6) is 0.449. The van der Waals surface area contributed by atoms with Crippen LogP contribution < -0.4 is 16.4 Å². The molecule has 2 aromatic rings. The Bertz CT molecular complexity index is 1690. The monoisotopic (exact) mass is 839 g/mol. The predicted molar refractivity (Wildman–Crippen MR) is 240 cm³/mol. The summed E-state index contributed by atoms with van der Waals surface area (Å²) in [5.41, 5.74) is 8.55. The highest BCUT2D eigenvalue weighted by molar-refractivity contribution is 7.89. The number of carbonyl (C=O) groups excluding carboxylic acids is 2. The first-order chi connectivity index (χ1) is 27.9. The Morgan fingerprint density at radius 3 is 1.76 bits per heavy atom. The van der Waals surface area contributed by atoms with Crippen LogP contribution in [-0.2, 0) is 26.8 Å². The molecular weight excluding hydrogens is 764 g/mol. The second kappa shape index (κ2) is 23.5.